The SMILES string of the molecule is Cc1cc(C2C(c3ccccn3)NC(=S)N2c2ccccc2)c(C)n1-c1ccc(N(C)C)cc1. The largest absolute Gasteiger partial charge is 0.378 e. The lowest BCUT2D eigenvalue weighted by molar-refractivity contribution is 0.565. The summed E-state index contributed by atoms with van der Waals surface area (Å²) >= 11 is 5.87. The molecule has 172 valence electrons. The van der Waals surface area contributed by atoms with Crippen molar-refractivity contribution in [2.75, 3.05) is 23.9 Å². The lowest BCUT2D eigenvalue weighted by Gasteiger charge is -2.28. The van der Waals surface area contributed by atoms with Crippen LogP contribution in [-0.2, 0) is 0 Å². The first kappa shape index (κ1) is 22.2. The molecule has 1 fully saturated rings. The van der Waals surface area contributed by atoms with Gasteiger partial charge >= 0.3 is 0 Å². The molecule has 3 heterocycles. The van der Waals surface area contributed by atoms with Gasteiger partial charge in [-0.25, -0.2) is 0 Å². The van der Waals surface area contributed by atoms with Crippen LogP contribution in [0.5, 0.6) is 0 Å². The van der Waals surface area contributed by atoms with Gasteiger partial charge in [-0.05, 0) is 86.2 Å². The van der Waals surface area contributed by atoms with Crippen molar-refractivity contribution in [3.05, 3.63) is 108 Å². The van der Waals surface area contributed by atoms with E-state index in [1.54, 1.807) is 0 Å². The zero-order valence-electron chi connectivity index (χ0n) is 19.9. The number of aromatic nitrogens is 2. The Labute approximate surface area is 206 Å². The minimum atomic E-state index is -0.0565. The second-order valence-electron chi connectivity index (χ2n) is 8.90. The average Bonchev–Trinajstić information content (AvgIpc) is 3.35. The highest BCUT2D eigenvalue weighted by Gasteiger charge is 2.42. The van der Waals surface area contributed by atoms with Crippen molar-refractivity contribution in [2.24, 2.45) is 0 Å². The zero-order valence-corrected chi connectivity index (χ0v) is 20.8. The van der Waals surface area contributed by atoms with Gasteiger partial charge in [0.2, 0.25) is 0 Å². The Morgan fingerprint density at radius 3 is 2.24 bits per heavy atom. The molecule has 5 nitrogen and oxygen atoms in total. The van der Waals surface area contributed by atoms with E-state index < -0.39 is 0 Å². The van der Waals surface area contributed by atoms with Crippen LogP contribution in [0.1, 0.15) is 34.7 Å². The molecule has 34 heavy (non-hydrogen) atoms. The number of rotatable bonds is 5. The van der Waals surface area contributed by atoms with Crippen molar-refractivity contribution >= 4 is 28.7 Å². The molecule has 2 unspecified atom stereocenters. The van der Waals surface area contributed by atoms with Gasteiger partial charge in [0.25, 0.3) is 0 Å². The minimum absolute atomic E-state index is 0.0224. The molecule has 0 bridgehead atoms. The summed E-state index contributed by atoms with van der Waals surface area (Å²) in [6.07, 6.45) is 1.85. The lowest BCUT2D eigenvalue weighted by Crippen LogP contribution is -2.29. The van der Waals surface area contributed by atoms with Gasteiger partial charge in [-0.1, -0.05) is 24.3 Å². The van der Waals surface area contributed by atoms with Crippen LogP contribution in [0, 0.1) is 13.8 Å². The van der Waals surface area contributed by atoms with E-state index >= 15 is 0 Å². The second-order valence-corrected chi connectivity index (χ2v) is 9.29. The highest BCUT2D eigenvalue weighted by molar-refractivity contribution is 7.80. The zero-order chi connectivity index (χ0) is 23.8. The van der Waals surface area contributed by atoms with Crippen LogP contribution in [0.25, 0.3) is 5.69 Å². The van der Waals surface area contributed by atoms with Gasteiger partial charge in [0, 0.05) is 48.7 Å². The number of anilines is 2. The summed E-state index contributed by atoms with van der Waals surface area (Å²) < 4.78 is 2.33. The number of hydrogen-bond acceptors (Lipinski definition) is 3. The number of hydrogen-bond donors (Lipinski definition) is 1. The maximum absolute atomic E-state index is 5.87. The molecule has 2 aromatic heterocycles. The summed E-state index contributed by atoms with van der Waals surface area (Å²) in [7, 11) is 4.12. The Balaban J connectivity index is 1.64. The number of benzene rings is 2. The van der Waals surface area contributed by atoms with Crippen LogP contribution < -0.4 is 15.1 Å². The van der Waals surface area contributed by atoms with Crippen molar-refractivity contribution < 1.29 is 0 Å². The molecule has 0 aliphatic carbocycles. The van der Waals surface area contributed by atoms with Crippen molar-refractivity contribution in [1.82, 2.24) is 14.9 Å². The summed E-state index contributed by atoms with van der Waals surface area (Å²) in [6, 6.07) is 27.3. The lowest BCUT2D eigenvalue weighted by atomic mass is 9.96. The Kier molecular flexibility index (Phi) is 5.84. The summed E-state index contributed by atoms with van der Waals surface area (Å²) in [5, 5.41) is 4.28. The third-order valence-corrected chi connectivity index (χ3v) is 6.86. The molecule has 2 atom stereocenters. The molecule has 4 aromatic rings. The number of nitrogens with zero attached hydrogens (tertiary/aromatic N) is 4. The van der Waals surface area contributed by atoms with Crippen LogP contribution in [0.15, 0.2) is 85.1 Å². The first-order valence-electron chi connectivity index (χ1n) is 11.5. The van der Waals surface area contributed by atoms with Crippen LogP contribution in [0.2, 0.25) is 0 Å². The molecular weight excluding hydrogens is 438 g/mol. The van der Waals surface area contributed by atoms with Crippen LogP contribution in [0.3, 0.4) is 0 Å². The Hall–Kier alpha value is -3.64. The Morgan fingerprint density at radius 2 is 1.59 bits per heavy atom. The van der Waals surface area contributed by atoms with Gasteiger partial charge in [-0.3, -0.25) is 4.98 Å². The average molecular weight is 468 g/mol. The van der Waals surface area contributed by atoms with Gasteiger partial charge in [0.1, 0.15) is 0 Å². The van der Waals surface area contributed by atoms with Crippen molar-refractivity contribution in [2.45, 2.75) is 25.9 Å². The topological polar surface area (TPSA) is 36.3 Å². The standard InChI is InChI=1S/C28H29N5S/c1-19-18-24(20(2)32(19)23-15-13-21(14-16-23)31(3)4)27-26(25-12-8-9-17-29-25)30-28(34)33(27)22-10-6-5-7-11-22/h5-18,26-27H,1-4H3,(H,30,34). The number of nitrogens with one attached hydrogen (secondary N) is 1. The fourth-order valence-corrected chi connectivity index (χ4v) is 5.27. The van der Waals surface area contributed by atoms with E-state index in [0.29, 0.717) is 5.11 Å². The van der Waals surface area contributed by atoms with E-state index in [2.05, 4.69) is 113 Å². The highest BCUT2D eigenvalue weighted by atomic mass is 32.1. The van der Waals surface area contributed by atoms with Gasteiger partial charge < -0.3 is 19.7 Å². The molecule has 1 aliphatic rings. The van der Waals surface area contributed by atoms with Crippen molar-refractivity contribution in [3.63, 3.8) is 0 Å². The van der Waals surface area contributed by atoms with Crippen LogP contribution >= 0.6 is 12.2 Å². The molecule has 6 heteroatoms. The predicted octanol–water partition coefficient (Wildman–Crippen LogP) is 5.73. The molecule has 5 rings (SSSR count). The summed E-state index contributed by atoms with van der Waals surface area (Å²) in [5.74, 6) is 0. The van der Waals surface area contributed by atoms with Crippen LogP contribution in [-0.4, -0.2) is 28.8 Å². The fourth-order valence-electron chi connectivity index (χ4n) is 4.92. The summed E-state index contributed by atoms with van der Waals surface area (Å²) in [4.78, 5) is 9.03. The molecule has 0 radical (unpaired) electrons. The maximum Gasteiger partial charge on any atom is 0.174 e. The quantitative estimate of drug-likeness (QED) is 0.379. The monoisotopic (exact) mass is 467 g/mol. The van der Waals surface area contributed by atoms with Crippen molar-refractivity contribution in [3.8, 4) is 5.69 Å². The highest BCUT2D eigenvalue weighted by Crippen LogP contribution is 2.43. The maximum atomic E-state index is 5.87. The van der Waals surface area contributed by atoms with E-state index in [1.165, 1.54) is 22.6 Å². The first-order valence-corrected chi connectivity index (χ1v) is 11.9. The molecular formula is C28H29N5S. The number of thiocarbonyl (C=S) groups is 1. The number of para-hydroxylation sites is 1. The number of aryl methyl sites for hydroxylation is 1. The van der Waals surface area contributed by atoms with Crippen molar-refractivity contribution in [1.29, 1.82) is 0 Å². The third-order valence-electron chi connectivity index (χ3n) is 6.55. The molecule has 2 aromatic carbocycles. The summed E-state index contributed by atoms with van der Waals surface area (Å²) in [6.45, 7) is 4.36. The predicted molar refractivity (Wildman–Crippen MR) is 144 cm³/mol. The van der Waals surface area contributed by atoms with E-state index in [4.69, 9.17) is 12.2 Å². The first-order chi connectivity index (χ1) is 16.5. The van der Waals surface area contributed by atoms with E-state index in [-0.39, 0.29) is 12.1 Å². The molecule has 0 saturated carbocycles. The molecule has 0 amide bonds. The molecule has 1 N–H and O–H groups in total. The van der Waals surface area contributed by atoms with Gasteiger partial charge in [0.05, 0.1) is 17.8 Å². The smallest absolute Gasteiger partial charge is 0.174 e. The third kappa shape index (κ3) is 3.84. The number of pyridine rings is 1. The summed E-state index contributed by atoms with van der Waals surface area (Å²) in [5.41, 5.74) is 8.02. The fraction of sp³-hybridized carbons (Fsp3) is 0.214. The van der Waals surface area contributed by atoms with Gasteiger partial charge in [0.15, 0.2) is 5.11 Å². The van der Waals surface area contributed by atoms with Gasteiger partial charge in [-0.15, -0.1) is 0 Å². The Morgan fingerprint density at radius 1 is 0.882 bits per heavy atom. The molecule has 1 aliphatic heterocycles. The van der Waals surface area contributed by atoms with E-state index in [9.17, 15) is 0 Å². The normalized spacial score (nSPS) is 17.6. The second kappa shape index (κ2) is 8.95. The van der Waals surface area contributed by atoms with E-state index in [0.717, 1.165) is 17.1 Å². The van der Waals surface area contributed by atoms with E-state index in [1.807, 2.05) is 24.4 Å². The Bertz CT molecular complexity index is 1300. The van der Waals surface area contributed by atoms with Crippen LogP contribution in [0.4, 0.5) is 11.4 Å². The van der Waals surface area contributed by atoms with Gasteiger partial charge in [-0.2, -0.15) is 0 Å². The molecule has 1 saturated heterocycles. The molecule has 0 spiro atoms. The minimum Gasteiger partial charge on any atom is -0.378 e.